The van der Waals surface area contributed by atoms with Gasteiger partial charge in [-0.05, 0) is 45.8 Å². The van der Waals surface area contributed by atoms with Gasteiger partial charge in [0.05, 0.1) is 11.8 Å². The highest BCUT2D eigenvalue weighted by Gasteiger charge is 2.07. The number of nitrogens with zero attached hydrogens (tertiary/aromatic N) is 2. The molecular formula is C16H16BrN3O. The van der Waals surface area contributed by atoms with Gasteiger partial charge in [-0.25, -0.2) is 5.43 Å². The minimum Gasteiger partial charge on any atom is -0.378 e. The number of hydrogen-bond donors (Lipinski definition) is 1. The first-order valence-electron chi connectivity index (χ1n) is 6.43. The van der Waals surface area contributed by atoms with Gasteiger partial charge in [-0.3, -0.25) is 4.79 Å². The molecule has 0 aliphatic heterocycles. The molecule has 4 nitrogen and oxygen atoms in total. The number of nitrogens with one attached hydrogen (secondary N) is 1. The molecule has 0 radical (unpaired) electrons. The van der Waals surface area contributed by atoms with E-state index in [4.69, 9.17) is 0 Å². The van der Waals surface area contributed by atoms with Crippen LogP contribution in [-0.2, 0) is 0 Å². The summed E-state index contributed by atoms with van der Waals surface area (Å²) in [6.45, 7) is 0. The Morgan fingerprint density at radius 1 is 1.14 bits per heavy atom. The maximum atomic E-state index is 11.9. The fourth-order valence-corrected chi connectivity index (χ4v) is 2.19. The van der Waals surface area contributed by atoms with E-state index in [-0.39, 0.29) is 5.91 Å². The Balaban J connectivity index is 1.99. The van der Waals surface area contributed by atoms with Crippen LogP contribution in [0.25, 0.3) is 0 Å². The molecule has 2 rings (SSSR count). The van der Waals surface area contributed by atoms with E-state index in [9.17, 15) is 4.79 Å². The van der Waals surface area contributed by atoms with Crippen LogP contribution >= 0.6 is 15.9 Å². The van der Waals surface area contributed by atoms with Crippen LogP contribution in [0, 0.1) is 0 Å². The van der Waals surface area contributed by atoms with E-state index >= 15 is 0 Å². The summed E-state index contributed by atoms with van der Waals surface area (Å²) < 4.78 is 0.744. The largest absolute Gasteiger partial charge is 0.378 e. The molecular weight excluding hydrogens is 330 g/mol. The van der Waals surface area contributed by atoms with E-state index in [2.05, 4.69) is 26.5 Å². The van der Waals surface area contributed by atoms with Crippen molar-refractivity contribution in [3.63, 3.8) is 0 Å². The average Bonchev–Trinajstić information content (AvgIpc) is 2.48. The molecule has 21 heavy (non-hydrogen) atoms. The molecule has 0 saturated heterocycles. The summed E-state index contributed by atoms with van der Waals surface area (Å²) in [4.78, 5) is 14.0. The number of rotatable bonds is 4. The molecule has 0 atom stereocenters. The van der Waals surface area contributed by atoms with Gasteiger partial charge in [-0.15, -0.1) is 0 Å². The van der Waals surface area contributed by atoms with Crippen LogP contribution in [0.5, 0.6) is 0 Å². The van der Waals surface area contributed by atoms with E-state index in [1.165, 1.54) is 0 Å². The predicted molar refractivity (Wildman–Crippen MR) is 90.0 cm³/mol. The molecule has 1 amide bonds. The molecule has 0 spiro atoms. The van der Waals surface area contributed by atoms with Gasteiger partial charge < -0.3 is 4.90 Å². The van der Waals surface area contributed by atoms with Gasteiger partial charge in [-0.1, -0.05) is 24.3 Å². The van der Waals surface area contributed by atoms with Gasteiger partial charge >= 0.3 is 0 Å². The monoisotopic (exact) mass is 345 g/mol. The molecule has 0 aliphatic carbocycles. The van der Waals surface area contributed by atoms with E-state index in [1.54, 1.807) is 12.3 Å². The summed E-state index contributed by atoms with van der Waals surface area (Å²) in [5.74, 6) is -0.247. The summed E-state index contributed by atoms with van der Waals surface area (Å²) in [5, 5.41) is 3.97. The predicted octanol–water partition coefficient (Wildman–Crippen LogP) is 3.28. The van der Waals surface area contributed by atoms with Crippen LogP contribution in [0.1, 0.15) is 15.9 Å². The number of anilines is 1. The molecule has 0 unspecified atom stereocenters. The Bertz CT molecular complexity index is 651. The van der Waals surface area contributed by atoms with Gasteiger partial charge in [-0.2, -0.15) is 5.10 Å². The average molecular weight is 346 g/mol. The highest BCUT2D eigenvalue weighted by molar-refractivity contribution is 9.10. The van der Waals surface area contributed by atoms with Gasteiger partial charge in [0, 0.05) is 24.3 Å². The summed E-state index contributed by atoms with van der Waals surface area (Å²) in [5.41, 5.74) is 5.11. The lowest BCUT2D eigenvalue weighted by molar-refractivity contribution is 0.0954. The van der Waals surface area contributed by atoms with Crippen LogP contribution in [0.2, 0.25) is 0 Å². The normalized spacial score (nSPS) is 10.6. The maximum Gasteiger partial charge on any atom is 0.272 e. The Kier molecular flexibility index (Phi) is 5.11. The lowest BCUT2D eigenvalue weighted by Gasteiger charge is -2.11. The van der Waals surface area contributed by atoms with Crippen molar-refractivity contribution in [3.8, 4) is 0 Å². The third-order valence-corrected chi connectivity index (χ3v) is 3.60. The fraction of sp³-hybridized carbons (Fsp3) is 0.125. The maximum absolute atomic E-state index is 11.9. The number of benzene rings is 2. The summed E-state index contributed by atoms with van der Waals surface area (Å²) in [7, 11) is 3.97. The zero-order valence-electron chi connectivity index (χ0n) is 11.9. The molecule has 0 heterocycles. The van der Waals surface area contributed by atoms with Crippen molar-refractivity contribution < 1.29 is 4.79 Å². The third-order valence-electron chi connectivity index (χ3n) is 2.91. The second-order valence-corrected chi connectivity index (χ2v) is 5.52. The van der Waals surface area contributed by atoms with E-state index in [0.29, 0.717) is 5.56 Å². The van der Waals surface area contributed by atoms with Crippen molar-refractivity contribution in [2.24, 2.45) is 5.10 Å². The number of hydrogen-bond acceptors (Lipinski definition) is 3. The van der Waals surface area contributed by atoms with Gasteiger partial charge in [0.2, 0.25) is 0 Å². The third kappa shape index (κ3) is 4.16. The highest BCUT2D eigenvalue weighted by Crippen LogP contribution is 2.15. The van der Waals surface area contributed by atoms with Gasteiger partial charge in [0.1, 0.15) is 0 Å². The lowest BCUT2D eigenvalue weighted by atomic mass is 10.2. The fourth-order valence-electron chi connectivity index (χ4n) is 1.73. The molecule has 2 aromatic carbocycles. The second kappa shape index (κ2) is 7.04. The number of carbonyl (C=O) groups excluding carboxylic acids is 1. The summed E-state index contributed by atoms with van der Waals surface area (Å²) in [6.07, 6.45) is 1.62. The number of hydrazone groups is 1. The zero-order valence-corrected chi connectivity index (χ0v) is 13.5. The topological polar surface area (TPSA) is 44.7 Å². The van der Waals surface area contributed by atoms with Crippen molar-refractivity contribution in [1.82, 2.24) is 5.43 Å². The number of halogens is 1. The van der Waals surface area contributed by atoms with Crippen LogP contribution < -0.4 is 10.3 Å². The molecule has 1 N–H and O–H groups in total. The zero-order chi connectivity index (χ0) is 15.2. The van der Waals surface area contributed by atoms with E-state index < -0.39 is 0 Å². The van der Waals surface area contributed by atoms with Crippen molar-refractivity contribution in [2.45, 2.75) is 0 Å². The SMILES string of the molecule is CN(C)c1ccc(C=NNC(=O)c2ccccc2Br)cc1. The Hall–Kier alpha value is -2.14. The van der Waals surface area contributed by atoms with Gasteiger partial charge in [0.25, 0.3) is 5.91 Å². The minimum atomic E-state index is -0.247. The van der Waals surface area contributed by atoms with Gasteiger partial charge in [0.15, 0.2) is 0 Å². The Labute approximate surface area is 132 Å². The molecule has 2 aromatic rings. The Morgan fingerprint density at radius 3 is 2.43 bits per heavy atom. The molecule has 0 aliphatic rings. The second-order valence-electron chi connectivity index (χ2n) is 4.66. The first-order valence-corrected chi connectivity index (χ1v) is 7.22. The molecule has 0 aromatic heterocycles. The minimum absolute atomic E-state index is 0.247. The van der Waals surface area contributed by atoms with Crippen LogP contribution in [0.15, 0.2) is 58.1 Å². The first-order chi connectivity index (χ1) is 10.1. The van der Waals surface area contributed by atoms with E-state index in [0.717, 1.165) is 15.7 Å². The van der Waals surface area contributed by atoms with Crippen LogP contribution in [0.4, 0.5) is 5.69 Å². The number of carbonyl (C=O) groups is 1. The van der Waals surface area contributed by atoms with Crippen molar-refractivity contribution >= 4 is 33.7 Å². The van der Waals surface area contributed by atoms with Crippen molar-refractivity contribution in [1.29, 1.82) is 0 Å². The summed E-state index contributed by atoms with van der Waals surface area (Å²) in [6, 6.07) is 15.1. The highest BCUT2D eigenvalue weighted by atomic mass is 79.9. The van der Waals surface area contributed by atoms with Crippen LogP contribution in [0.3, 0.4) is 0 Å². The molecule has 0 fully saturated rings. The van der Waals surface area contributed by atoms with Crippen LogP contribution in [-0.4, -0.2) is 26.2 Å². The quantitative estimate of drug-likeness (QED) is 0.682. The van der Waals surface area contributed by atoms with Crippen molar-refractivity contribution in [3.05, 3.63) is 64.1 Å². The molecule has 108 valence electrons. The smallest absolute Gasteiger partial charge is 0.272 e. The lowest BCUT2D eigenvalue weighted by Crippen LogP contribution is -2.18. The summed E-state index contributed by atoms with van der Waals surface area (Å²) >= 11 is 3.34. The first kappa shape index (κ1) is 15.3. The standard InChI is InChI=1S/C16H16BrN3O/c1-20(2)13-9-7-12(8-10-13)11-18-19-16(21)14-5-3-4-6-15(14)17/h3-11H,1-2H3,(H,19,21). The van der Waals surface area contributed by atoms with Crippen molar-refractivity contribution in [2.75, 3.05) is 19.0 Å². The molecule has 0 bridgehead atoms. The van der Waals surface area contributed by atoms with E-state index in [1.807, 2.05) is 61.5 Å². The Morgan fingerprint density at radius 2 is 1.81 bits per heavy atom. The molecule has 5 heteroatoms. The molecule has 0 saturated carbocycles. The number of amides is 1.